The molecule has 0 aromatic heterocycles. The van der Waals surface area contributed by atoms with Gasteiger partial charge in [0.25, 0.3) is 0 Å². The van der Waals surface area contributed by atoms with Gasteiger partial charge in [0, 0.05) is 5.56 Å². The highest BCUT2D eigenvalue weighted by molar-refractivity contribution is 8.03. The van der Waals surface area contributed by atoms with Gasteiger partial charge >= 0.3 is 6.18 Å². The van der Waals surface area contributed by atoms with Gasteiger partial charge in [0.1, 0.15) is 0 Å². The van der Waals surface area contributed by atoms with Gasteiger partial charge in [-0.15, -0.1) is 11.8 Å². The smallest absolute Gasteiger partial charge is 0.417 e. The second-order valence-corrected chi connectivity index (χ2v) is 6.59. The van der Waals surface area contributed by atoms with Crippen LogP contribution < -0.4 is 5.73 Å². The minimum atomic E-state index is -4.63. The summed E-state index contributed by atoms with van der Waals surface area (Å²) in [6.45, 7) is 0. The Morgan fingerprint density at radius 2 is 2.00 bits per heavy atom. The van der Waals surface area contributed by atoms with Gasteiger partial charge in [-0.05, 0) is 11.5 Å². The Labute approximate surface area is 145 Å². The van der Waals surface area contributed by atoms with Gasteiger partial charge in [-0.2, -0.15) is 13.2 Å². The highest BCUT2D eigenvalue weighted by Gasteiger charge is 2.42. The summed E-state index contributed by atoms with van der Waals surface area (Å²) in [6, 6.07) is 3.36. The molecule has 8 heteroatoms. The van der Waals surface area contributed by atoms with Crippen LogP contribution in [0.15, 0.2) is 47.7 Å². The number of hydrogen-bond donors (Lipinski definition) is 1. The summed E-state index contributed by atoms with van der Waals surface area (Å²) in [6.07, 6.45) is -0.170. The number of allylic oxidation sites excluding steroid dienone is 2. The fraction of sp³-hybridized carbons (Fsp3) is 0.188. The van der Waals surface area contributed by atoms with E-state index in [9.17, 15) is 18.0 Å². The minimum absolute atomic E-state index is 0.0724. The van der Waals surface area contributed by atoms with E-state index >= 15 is 0 Å². The molecule has 3 nitrogen and oxygen atoms in total. The number of carbonyl (C=O) groups excluding carboxylic acids is 1. The first-order chi connectivity index (χ1) is 11.3. The van der Waals surface area contributed by atoms with Crippen molar-refractivity contribution in [3.05, 3.63) is 63.9 Å². The van der Waals surface area contributed by atoms with E-state index in [1.165, 1.54) is 23.9 Å². The maximum Gasteiger partial charge on any atom is 0.417 e. The van der Waals surface area contributed by atoms with Crippen LogP contribution in [0.2, 0.25) is 5.02 Å². The van der Waals surface area contributed by atoms with Gasteiger partial charge in [-0.3, -0.25) is 4.79 Å². The summed E-state index contributed by atoms with van der Waals surface area (Å²) < 4.78 is 44.5. The number of ketones is 1. The highest BCUT2D eigenvalue weighted by Crippen LogP contribution is 2.41. The number of ether oxygens (including phenoxy) is 1. The van der Waals surface area contributed by atoms with Crippen LogP contribution in [0, 0.1) is 0 Å². The van der Waals surface area contributed by atoms with Crippen molar-refractivity contribution in [2.45, 2.75) is 17.5 Å². The maximum atomic E-state index is 13.0. The number of hydrogen-bond acceptors (Lipinski definition) is 4. The Kier molecular flexibility index (Phi) is 4.40. The molecule has 0 aliphatic carbocycles. The zero-order chi connectivity index (χ0) is 17.5. The Morgan fingerprint density at radius 3 is 2.62 bits per heavy atom. The molecule has 0 amide bonds. The van der Waals surface area contributed by atoms with Crippen molar-refractivity contribution in [2.24, 2.45) is 5.73 Å². The van der Waals surface area contributed by atoms with E-state index in [1.54, 1.807) is 17.6 Å². The lowest BCUT2D eigenvalue weighted by atomic mass is 9.97. The fourth-order valence-electron chi connectivity index (χ4n) is 2.51. The molecule has 0 saturated carbocycles. The monoisotopic (exact) mass is 373 g/mol. The van der Waals surface area contributed by atoms with E-state index in [2.05, 4.69) is 0 Å². The number of Topliss-reactive ketones (excluding diaryl/α,β-unsaturated/α-hetero) is 1. The van der Waals surface area contributed by atoms with Crippen LogP contribution in [0.3, 0.4) is 0 Å². The van der Waals surface area contributed by atoms with Crippen molar-refractivity contribution in [3.8, 4) is 0 Å². The SMILES string of the molecule is NC1=C(c2cccc(C(F)(F)F)c2Cl)C(=O)C(C2C=CC=CS2)O1. The predicted octanol–water partition coefficient (Wildman–Crippen LogP) is 4.14. The molecule has 2 aliphatic rings. The zero-order valence-electron chi connectivity index (χ0n) is 12.0. The molecule has 1 aromatic carbocycles. The first kappa shape index (κ1) is 17.0. The molecule has 0 radical (unpaired) electrons. The molecule has 2 unspecified atom stereocenters. The first-order valence-corrected chi connectivity index (χ1v) is 8.18. The largest absolute Gasteiger partial charge is 0.466 e. The molecule has 1 aromatic rings. The normalized spacial score (nSPS) is 23.8. The second-order valence-electron chi connectivity index (χ2n) is 5.12. The molecule has 0 saturated heterocycles. The van der Waals surface area contributed by atoms with Crippen LogP contribution in [0.5, 0.6) is 0 Å². The molecular formula is C16H11ClF3NO2S. The summed E-state index contributed by atoms with van der Waals surface area (Å²) >= 11 is 7.26. The number of alkyl halides is 3. The van der Waals surface area contributed by atoms with Crippen LogP contribution in [0.4, 0.5) is 13.2 Å². The molecule has 2 heterocycles. The zero-order valence-corrected chi connectivity index (χ0v) is 13.6. The van der Waals surface area contributed by atoms with Crippen molar-refractivity contribution < 1.29 is 22.7 Å². The minimum Gasteiger partial charge on any atom is -0.466 e. The lowest BCUT2D eigenvalue weighted by molar-refractivity contribution is -0.137. The van der Waals surface area contributed by atoms with E-state index in [-0.39, 0.29) is 22.3 Å². The summed E-state index contributed by atoms with van der Waals surface area (Å²) in [5.41, 5.74) is 4.57. The maximum absolute atomic E-state index is 13.0. The number of halogens is 4. The van der Waals surface area contributed by atoms with Crippen molar-refractivity contribution in [2.75, 3.05) is 0 Å². The van der Waals surface area contributed by atoms with Crippen LogP contribution >= 0.6 is 23.4 Å². The molecule has 126 valence electrons. The number of nitrogens with two attached hydrogens (primary N) is 1. The summed E-state index contributed by atoms with van der Waals surface area (Å²) in [7, 11) is 0. The number of carbonyl (C=O) groups is 1. The summed E-state index contributed by atoms with van der Waals surface area (Å²) in [5, 5.41) is 0.933. The first-order valence-electron chi connectivity index (χ1n) is 6.86. The quantitative estimate of drug-likeness (QED) is 0.846. The third-order valence-corrected chi connectivity index (χ3v) is 5.04. The van der Waals surface area contributed by atoms with Gasteiger partial charge < -0.3 is 10.5 Å². The number of rotatable bonds is 2. The molecule has 24 heavy (non-hydrogen) atoms. The van der Waals surface area contributed by atoms with E-state index in [0.29, 0.717) is 0 Å². The van der Waals surface area contributed by atoms with Crippen molar-refractivity contribution >= 4 is 34.7 Å². The molecule has 0 fully saturated rings. The molecule has 2 N–H and O–H groups in total. The molecule has 0 spiro atoms. The standard InChI is InChI=1S/C16H11ClF3NO2S/c17-12-8(4-3-5-9(12)16(18,19)20)11-13(22)14(23-15(11)21)10-6-1-2-7-24-10/h1-7,10,14H,21H2. The predicted molar refractivity (Wildman–Crippen MR) is 87.1 cm³/mol. The van der Waals surface area contributed by atoms with Crippen LogP contribution in [-0.2, 0) is 15.7 Å². The molecule has 3 rings (SSSR count). The Balaban J connectivity index is 1.98. The number of benzene rings is 1. The third-order valence-electron chi connectivity index (χ3n) is 3.60. The lowest BCUT2D eigenvalue weighted by Gasteiger charge is -2.19. The summed E-state index contributed by atoms with van der Waals surface area (Å²) in [5.74, 6) is -0.694. The Hall–Kier alpha value is -1.86. The van der Waals surface area contributed by atoms with Crippen molar-refractivity contribution in [1.29, 1.82) is 0 Å². The van der Waals surface area contributed by atoms with Gasteiger partial charge in [0.15, 0.2) is 12.0 Å². The second kappa shape index (κ2) is 6.22. The van der Waals surface area contributed by atoms with Gasteiger partial charge in [-0.1, -0.05) is 42.0 Å². The van der Waals surface area contributed by atoms with Crippen LogP contribution in [0.25, 0.3) is 5.57 Å². The Morgan fingerprint density at radius 1 is 1.25 bits per heavy atom. The average Bonchev–Trinajstić information content (AvgIpc) is 2.82. The molecule has 2 aliphatic heterocycles. The topological polar surface area (TPSA) is 52.3 Å². The van der Waals surface area contributed by atoms with Crippen molar-refractivity contribution in [3.63, 3.8) is 0 Å². The molecule has 0 bridgehead atoms. The van der Waals surface area contributed by atoms with E-state index in [4.69, 9.17) is 22.1 Å². The molecular weight excluding hydrogens is 363 g/mol. The van der Waals surface area contributed by atoms with E-state index < -0.39 is 28.6 Å². The average molecular weight is 374 g/mol. The Bertz CT molecular complexity index is 786. The number of thioether (sulfide) groups is 1. The van der Waals surface area contributed by atoms with Crippen LogP contribution in [0.1, 0.15) is 11.1 Å². The van der Waals surface area contributed by atoms with Crippen LogP contribution in [-0.4, -0.2) is 17.1 Å². The molecule has 2 atom stereocenters. The lowest BCUT2D eigenvalue weighted by Crippen LogP contribution is -2.29. The van der Waals surface area contributed by atoms with E-state index in [0.717, 1.165) is 6.07 Å². The van der Waals surface area contributed by atoms with Gasteiger partial charge in [-0.25, -0.2) is 0 Å². The van der Waals surface area contributed by atoms with Crippen molar-refractivity contribution in [1.82, 2.24) is 0 Å². The highest BCUT2D eigenvalue weighted by atomic mass is 35.5. The fourth-order valence-corrected chi connectivity index (χ4v) is 3.71. The van der Waals surface area contributed by atoms with E-state index in [1.807, 2.05) is 6.08 Å². The third kappa shape index (κ3) is 2.93. The van der Waals surface area contributed by atoms with Gasteiger partial charge in [0.2, 0.25) is 5.78 Å². The van der Waals surface area contributed by atoms with Gasteiger partial charge in [0.05, 0.1) is 21.4 Å². The summed E-state index contributed by atoms with van der Waals surface area (Å²) in [4.78, 5) is 12.7.